The van der Waals surface area contributed by atoms with E-state index in [9.17, 15) is 9.18 Å². The Morgan fingerprint density at radius 3 is 2.76 bits per heavy atom. The number of hydrogen-bond donors (Lipinski definition) is 2. The number of ether oxygens (including phenoxy) is 1. The van der Waals surface area contributed by atoms with E-state index in [-0.39, 0.29) is 5.56 Å². The average molecular weight is 289 g/mol. The van der Waals surface area contributed by atoms with E-state index in [4.69, 9.17) is 4.74 Å². The molecule has 0 aliphatic rings. The summed E-state index contributed by atoms with van der Waals surface area (Å²) >= 11 is 0. The molecule has 0 saturated heterocycles. The third-order valence-corrected chi connectivity index (χ3v) is 2.76. The lowest BCUT2D eigenvalue weighted by molar-refractivity contribution is 0.102. The number of methoxy groups -OCH3 is 1. The number of nitrogens with one attached hydrogen (secondary N) is 2. The number of carbonyl (C=O) groups is 1. The fraction of sp³-hybridized carbons (Fsp3) is 0.200. The van der Waals surface area contributed by atoms with Crippen LogP contribution in [-0.4, -0.2) is 31.2 Å². The zero-order valence-electron chi connectivity index (χ0n) is 11.6. The summed E-state index contributed by atoms with van der Waals surface area (Å²) in [6.07, 6.45) is 1.59. The van der Waals surface area contributed by atoms with Crippen LogP contribution in [0, 0.1) is 5.82 Å². The first-order valence-electron chi connectivity index (χ1n) is 6.45. The Labute approximate surface area is 122 Å². The molecule has 0 fully saturated rings. The lowest BCUT2D eigenvalue weighted by Gasteiger charge is -2.08. The molecule has 0 atom stereocenters. The van der Waals surface area contributed by atoms with Crippen molar-refractivity contribution in [2.24, 2.45) is 0 Å². The van der Waals surface area contributed by atoms with Crippen LogP contribution in [0.3, 0.4) is 0 Å². The van der Waals surface area contributed by atoms with Crippen molar-refractivity contribution in [2.75, 3.05) is 30.9 Å². The van der Waals surface area contributed by atoms with E-state index in [0.29, 0.717) is 19.0 Å². The number of pyridine rings is 1. The van der Waals surface area contributed by atoms with Crippen molar-refractivity contribution in [3.63, 3.8) is 0 Å². The molecule has 1 heterocycles. The third kappa shape index (κ3) is 4.25. The van der Waals surface area contributed by atoms with Gasteiger partial charge in [-0.3, -0.25) is 4.79 Å². The van der Waals surface area contributed by atoms with Crippen molar-refractivity contribution in [1.29, 1.82) is 0 Å². The van der Waals surface area contributed by atoms with Crippen molar-refractivity contribution >= 4 is 17.4 Å². The Kier molecular flexibility index (Phi) is 5.22. The van der Waals surface area contributed by atoms with E-state index in [2.05, 4.69) is 15.6 Å². The highest BCUT2D eigenvalue weighted by molar-refractivity contribution is 6.03. The van der Waals surface area contributed by atoms with Gasteiger partial charge in [0.1, 0.15) is 11.6 Å². The van der Waals surface area contributed by atoms with Gasteiger partial charge in [-0.2, -0.15) is 0 Å². The molecule has 6 heteroatoms. The number of hydrogen-bond acceptors (Lipinski definition) is 4. The smallest absolute Gasteiger partial charge is 0.259 e. The molecule has 0 aliphatic heterocycles. The summed E-state index contributed by atoms with van der Waals surface area (Å²) in [5.74, 6) is -0.728. The molecule has 0 aliphatic carbocycles. The highest BCUT2D eigenvalue weighted by Crippen LogP contribution is 2.12. The van der Waals surface area contributed by atoms with Crippen LogP contribution >= 0.6 is 0 Å². The molecule has 110 valence electrons. The molecule has 0 spiro atoms. The Balaban J connectivity index is 1.97. The zero-order chi connectivity index (χ0) is 15.1. The molecule has 2 aromatic rings. The highest BCUT2D eigenvalue weighted by atomic mass is 19.1. The van der Waals surface area contributed by atoms with Crippen LogP contribution in [0.1, 0.15) is 10.4 Å². The predicted octanol–water partition coefficient (Wildman–Crippen LogP) is 2.53. The van der Waals surface area contributed by atoms with Gasteiger partial charge in [-0.15, -0.1) is 0 Å². The molecule has 5 nitrogen and oxygen atoms in total. The highest BCUT2D eigenvalue weighted by Gasteiger charge is 2.11. The van der Waals surface area contributed by atoms with Gasteiger partial charge in [0.15, 0.2) is 0 Å². The summed E-state index contributed by atoms with van der Waals surface area (Å²) in [7, 11) is 1.63. The van der Waals surface area contributed by atoms with Crippen LogP contribution in [0.2, 0.25) is 0 Å². The Bertz CT molecular complexity index is 602. The summed E-state index contributed by atoms with van der Waals surface area (Å²) in [4.78, 5) is 16.0. The lowest BCUT2D eigenvalue weighted by atomic mass is 10.2. The van der Waals surface area contributed by atoms with Crippen LogP contribution < -0.4 is 10.6 Å². The van der Waals surface area contributed by atoms with Crippen molar-refractivity contribution in [2.45, 2.75) is 0 Å². The SMILES string of the molecule is COCCNc1ccc(NC(=O)c2ccccc2F)nc1. The molecule has 0 radical (unpaired) electrons. The van der Waals surface area contributed by atoms with Gasteiger partial charge >= 0.3 is 0 Å². The number of rotatable bonds is 6. The minimum absolute atomic E-state index is 0.0124. The monoisotopic (exact) mass is 289 g/mol. The fourth-order valence-electron chi connectivity index (χ4n) is 1.70. The van der Waals surface area contributed by atoms with Crippen LogP contribution in [0.25, 0.3) is 0 Å². The fourth-order valence-corrected chi connectivity index (χ4v) is 1.70. The first-order valence-corrected chi connectivity index (χ1v) is 6.45. The maximum atomic E-state index is 13.5. The molecular weight excluding hydrogens is 273 g/mol. The van der Waals surface area contributed by atoms with Crippen molar-refractivity contribution in [3.8, 4) is 0 Å². The minimum Gasteiger partial charge on any atom is -0.383 e. The number of anilines is 2. The maximum absolute atomic E-state index is 13.5. The number of carbonyl (C=O) groups excluding carboxylic acids is 1. The first-order chi connectivity index (χ1) is 10.2. The number of halogens is 1. The molecule has 0 unspecified atom stereocenters. The van der Waals surface area contributed by atoms with Crippen LogP contribution in [0.5, 0.6) is 0 Å². The van der Waals surface area contributed by atoms with E-state index in [1.165, 1.54) is 18.2 Å². The second-order valence-electron chi connectivity index (χ2n) is 4.29. The molecule has 1 amide bonds. The maximum Gasteiger partial charge on any atom is 0.259 e. The lowest BCUT2D eigenvalue weighted by Crippen LogP contribution is -2.14. The standard InChI is InChI=1S/C15H16FN3O2/c1-21-9-8-17-11-6-7-14(18-10-11)19-15(20)12-4-2-3-5-13(12)16/h2-7,10,17H,8-9H2,1H3,(H,18,19,20). The van der Waals surface area contributed by atoms with Crippen LogP contribution in [0.15, 0.2) is 42.6 Å². The quantitative estimate of drug-likeness (QED) is 0.802. The Morgan fingerprint density at radius 1 is 1.29 bits per heavy atom. The second-order valence-corrected chi connectivity index (χ2v) is 4.29. The van der Waals surface area contributed by atoms with Gasteiger partial charge in [0, 0.05) is 13.7 Å². The molecule has 0 bridgehead atoms. The first kappa shape index (κ1) is 14.9. The normalized spacial score (nSPS) is 10.2. The minimum atomic E-state index is -0.562. The number of nitrogens with zero attached hydrogens (tertiary/aromatic N) is 1. The van der Waals surface area contributed by atoms with Crippen LogP contribution in [0.4, 0.5) is 15.9 Å². The van der Waals surface area contributed by atoms with Crippen molar-refractivity contribution in [3.05, 3.63) is 54.0 Å². The zero-order valence-corrected chi connectivity index (χ0v) is 11.6. The molecule has 2 N–H and O–H groups in total. The van der Waals surface area contributed by atoms with Crippen molar-refractivity contribution in [1.82, 2.24) is 4.98 Å². The second kappa shape index (κ2) is 7.35. The third-order valence-electron chi connectivity index (χ3n) is 2.76. The Hall–Kier alpha value is -2.47. The van der Waals surface area contributed by atoms with E-state index in [1.54, 1.807) is 31.5 Å². The molecule has 21 heavy (non-hydrogen) atoms. The molecular formula is C15H16FN3O2. The summed E-state index contributed by atoms with van der Waals surface area (Å²) in [5.41, 5.74) is 0.803. The average Bonchev–Trinajstić information content (AvgIpc) is 2.49. The summed E-state index contributed by atoms with van der Waals surface area (Å²) in [6, 6.07) is 9.23. The van der Waals surface area contributed by atoms with E-state index in [1.807, 2.05) is 0 Å². The topological polar surface area (TPSA) is 63.2 Å². The predicted molar refractivity (Wildman–Crippen MR) is 79.0 cm³/mol. The van der Waals surface area contributed by atoms with E-state index < -0.39 is 11.7 Å². The Morgan fingerprint density at radius 2 is 2.10 bits per heavy atom. The largest absolute Gasteiger partial charge is 0.383 e. The van der Waals surface area contributed by atoms with Gasteiger partial charge in [-0.1, -0.05) is 12.1 Å². The summed E-state index contributed by atoms with van der Waals surface area (Å²) < 4.78 is 18.4. The van der Waals surface area contributed by atoms with Gasteiger partial charge in [-0.05, 0) is 24.3 Å². The van der Waals surface area contributed by atoms with Gasteiger partial charge in [0.25, 0.3) is 5.91 Å². The summed E-state index contributed by atoms with van der Waals surface area (Å²) in [6.45, 7) is 1.25. The van der Waals surface area contributed by atoms with E-state index in [0.717, 1.165) is 5.69 Å². The van der Waals surface area contributed by atoms with Crippen molar-refractivity contribution < 1.29 is 13.9 Å². The molecule has 1 aromatic carbocycles. The van der Waals surface area contributed by atoms with E-state index >= 15 is 0 Å². The molecule has 0 saturated carbocycles. The van der Waals surface area contributed by atoms with Crippen LogP contribution in [-0.2, 0) is 4.74 Å². The molecule has 1 aromatic heterocycles. The number of amides is 1. The molecule has 2 rings (SSSR count). The van der Waals surface area contributed by atoms with Gasteiger partial charge in [0.05, 0.1) is 24.1 Å². The van der Waals surface area contributed by atoms with Gasteiger partial charge in [-0.25, -0.2) is 9.37 Å². The van der Waals surface area contributed by atoms with Gasteiger partial charge < -0.3 is 15.4 Å². The number of benzene rings is 1. The number of aromatic nitrogens is 1. The summed E-state index contributed by atoms with van der Waals surface area (Å²) in [5, 5.41) is 5.66. The van der Waals surface area contributed by atoms with Gasteiger partial charge in [0.2, 0.25) is 0 Å².